The third-order valence-corrected chi connectivity index (χ3v) is 6.50. The van der Waals surface area contributed by atoms with Crippen LogP contribution in [0.25, 0.3) is 0 Å². The molecule has 9 nitrogen and oxygen atoms in total. The van der Waals surface area contributed by atoms with Crippen LogP contribution < -0.4 is 21.8 Å². The van der Waals surface area contributed by atoms with Gasteiger partial charge in [-0.25, -0.2) is 9.98 Å². The molecule has 1 atom stereocenters. The van der Waals surface area contributed by atoms with Gasteiger partial charge in [0.2, 0.25) is 0 Å². The van der Waals surface area contributed by atoms with Crippen LogP contribution in [0.4, 0.5) is 11.5 Å². The summed E-state index contributed by atoms with van der Waals surface area (Å²) in [6.07, 6.45) is 7.59. The van der Waals surface area contributed by atoms with Crippen molar-refractivity contribution in [2.75, 3.05) is 37.3 Å². The van der Waals surface area contributed by atoms with Gasteiger partial charge in [0.1, 0.15) is 17.4 Å². The number of aliphatic imine (C=N–C) groups is 1. The number of pyridine rings is 1. The predicted molar refractivity (Wildman–Crippen MR) is 115 cm³/mol. The zero-order chi connectivity index (χ0) is 20.2. The highest BCUT2D eigenvalue weighted by molar-refractivity contribution is 6.49. The molecule has 0 aliphatic carbocycles. The molecule has 0 spiro atoms. The first-order chi connectivity index (χ1) is 13.9. The third kappa shape index (κ3) is 3.00. The number of hydrogen-bond donors (Lipinski definition) is 3. The number of nitrogens with zero attached hydrogens (tertiary/aromatic N) is 6. The van der Waals surface area contributed by atoms with Crippen LogP contribution in [0.3, 0.4) is 0 Å². The van der Waals surface area contributed by atoms with Crippen molar-refractivity contribution in [1.29, 1.82) is 0 Å². The summed E-state index contributed by atoms with van der Waals surface area (Å²) in [4.78, 5) is 15.9. The maximum atomic E-state index is 6.30. The van der Waals surface area contributed by atoms with Crippen molar-refractivity contribution in [1.82, 2.24) is 20.2 Å². The number of amidine groups is 1. The highest BCUT2D eigenvalue weighted by Crippen LogP contribution is 2.32. The molecule has 1 unspecified atom stereocenters. The average Bonchev–Trinajstić information content (AvgIpc) is 3.14. The lowest BCUT2D eigenvalue weighted by Crippen LogP contribution is -2.54. The molecule has 0 aromatic carbocycles. The summed E-state index contributed by atoms with van der Waals surface area (Å²) in [6, 6.07) is 2.02. The predicted octanol–water partition coefficient (Wildman–Crippen LogP) is 0.658. The van der Waals surface area contributed by atoms with E-state index < -0.39 is 0 Å². The number of likely N-dealkylation sites (tertiary alicyclic amines) is 1. The summed E-state index contributed by atoms with van der Waals surface area (Å²) in [5, 5.41) is 4.67. The van der Waals surface area contributed by atoms with Gasteiger partial charge >= 0.3 is 0 Å². The largest absolute Gasteiger partial charge is 0.383 e. The summed E-state index contributed by atoms with van der Waals surface area (Å²) >= 11 is 0. The van der Waals surface area contributed by atoms with Crippen molar-refractivity contribution in [2.45, 2.75) is 44.3 Å². The number of nitrogen functional groups attached to an aromatic ring is 1. The lowest BCUT2D eigenvalue weighted by atomic mass is 9.91. The van der Waals surface area contributed by atoms with E-state index in [1.165, 1.54) is 0 Å². The Morgan fingerprint density at radius 3 is 2.83 bits per heavy atom. The fourth-order valence-electron chi connectivity index (χ4n) is 4.62. The molecule has 1 saturated heterocycles. The number of aromatic nitrogens is 1. The maximum Gasteiger partial charge on any atom is 0.178 e. The molecule has 4 aliphatic heterocycles. The standard InChI is InChI=1S/C20H29N9/c1-20(22)6-10-28(11-7-20)15-12-24-16-18(27(15)2)25-26-19(16)29-9-3-4-13-14(29)5-8-23-17(13)21/h5,8,12,18,25H,3-4,6-7,9-11,22H2,1-2H3,(H2,21,23). The van der Waals surface area contributed by atoms with Crippen molar-refractivity contribution in [3.05, 3.63) is 29.8 Å². The molecule has 0 amide bonds. The van der Waals surface area contributed by atoms with E-state index in [-0.39, 0.29) is 11.7 Å². The molecular formula is C20H29N9. The van der Waals surface area contributed by atoms with Gasteiger partial charge in [-0.3, -0.25) is 5.43 Å². The van der Waals surface area contributed by atoms with Gasteiger partial charge in [0, 0.05) is 44.0 Å². The Balaban J connectivity index is 1.42. The molecule has 0 radical (unpaired) electrons. The Labute approximate surface area is 171 Å². The van der Waals surface area contributed by atoms with Crippen LogP contribution in [-0.2, 0) is 6.42 Å². The van der Waals surface area contributed by atoms with Crippen LogP contribution in [0.5, 0.6) is 0 Å². The lowest BCUT2D eigenvalue weighted by molar-refractivity contribution is 0.147. The molecule has 5 heterocycles. The molecule has 1 aromatic heterocycles. The molecule has 0 saturated carbocycles. The smallest absolute Gasteiger partial charge is 0.178 e. The topological polar surface area (TPSA) is 111 Å². The Morgan fingerprint density at radius 2 is 2.03 bits per heavy atom. The minimum absolute atomic E-state index is 0.0688. The third-order valence-electron chi connectivity index (χ3n) is 6.50. The second kappa shape index (κ2) is 6.62. The molecule has 154 valence electrons. The second-order valence-corrected chi connectivity index (χ2v) is 8.67. The van der Waals surface area contributed by atoms with Crippen molar-refractivity contribution >= 4 is 23.1 Å². The Kier molecular flexibility index (Phi) is 4.16. The maximum absolute atomic E-state index is 6.30. The molecule has 1 aromatic rings. The number of hydrazone groups is 1. The molecular weight excluding hydrogens is 366 g/mol. The first-order valence-corrected chi connectivity index (χ1v) is 10.3. The Morgan fingerprint density at radius 1 is 1.24 bits per heavy atom. The minimum Gasteiger partial charge on any atom is -0.383 e. The van der Waals surface area contributed by atoms with Crippen molar-refractivity contribution < 1.29 is 0 Å². The molecule has 29 heavy (non-hydrogen) atoms. The molecule has 1 fully saturated rings. The molecule has 0 bridgehead atoms. The van der Waals surface area contributed by atoms with Gasteiger partial charge in [0.05, 0.1) is 11.9 Å². The molecule has 5 rings (SSSR count). The quantitative estimate of drug-likeness (QED) is 0.640. The molecule has 4 aliphatic rings. The molecule has 5 N–H and O–H groups in total. The lowest BCUT2D eigenvalue weighted by Gasteiger charge is -2.43. The van der Waals surface area contributed by atoms with Crippen LogP contribution in [0.2, 0.25) is 0 Å². The number of anilines is 2. The zero-order valence-corrected chi connectivity index (χ0v) is 17.1. The van der Waals surface area contributed by atoms with Gasteiger partial charge in [-0.05, 0) is 38.7 Å². The summed E-state index contributed by atoms with van der Waals surface area (Å²) in [5.41, 5.74) is 18.8. The first kappa shape index (κ1) is 18.2. The van der Waals surface area contributed by atoms with Crippen LogP contribution in [-0.4, -0.2) is 64.7 Å². The normalized spacial score (nSPS) is 25.6. The first-order valence-electron chi connectivity index (χ1n) is 10.3. The highest BCUT2D eigenvalue weighted by atomic mass is 15.5. The van der Waals surface area contributed by atoms with E-state index >= 15 is 0 Å². The van der Waals surface area contributed by atoms with Gasteiger partial charge in [0.25, 0.3) is 0 Å². The zero-order valence-electron chi connectivity index (χ0n) is 17.1. The number of rotatable bonds is 1. The van der Waals surface area contributed by atoms with Gasteiger partial charge in [-0.2, -0.15) is 5.10 Å². The fourth-order valence-corrected chi connectivity index (χ4v) is 4.62. The summed E-state index contributed by atoms with van der Waals surface area (Å²) in [7, 11) is 2.10. The number of fused-ring (bicyclic) bond motifs is 2. The van der Waals surface area contributed by atoms with Gasteiger partial charge in [-0.1, -0.05) is 0 Å². The summed E-state index contributed by atoms with van der Waals surface area (Å²) in [6.45, 7) is 4.92. The van der Waals surface area contributed by atoms with Crippen molar-refractivity contribution in [2.24, 2.45) is 15.8 Å². The van der Waals surface area contributed by atoms with E-state index in [0.717, 1.165) is 73.9 Å². The van der Waals surface area contributed by atoms with E-state index in [9.17, 15) is 0 Å². The van der Waals surface area contributed by atoms with E-state index in [1.54, 1.807) is 6.20 Å². The van der Waals surface area contributed by atoms with E-state index in [1.807, 2.05) is 12.3 Å². The van der Waals surface area contributed by atoms with Crippen LogP contribution >= 0.6 is 0 Å². The van der Waals surface area contributed by atoms with Crippen LogP contribution in [0.15, 0.2) is 34.4 Å². The van der Waals surface area contributed by atoms with E-state index in [4.69, 9.17) is 16.5 Å². The second-order valence-electron chi connectivity index (χ2n) is 8.67. The summed E-state index contributed by atoms with van der Waals surface area (Å²) < 4.78 is 0. The number of piperidine rings is 1. The highest BCUT2D eigenvalue weighted by Gasteiger charge is 2.40. The van der Waals surface area contributed by atoms with Crippen LogP contribution in [0, 0.1) is 0 Å². The number of nitrogens with one attached hydrogen (secondary N) is 1. The SMILES string of the molecule is CN1C(N2CCC(C)(N)CC2)=CN=C2C(N3CCCc4c3ccnc4N)=NNC21. The van der Waals surface area contributed by atoms with Gasteiger partial charge in [0.15, 0.2) is 12.0 Å². The van der Waals surface area contributed by atoms with Crippen molar-refractivity contribution in [3.63, 3.8) is 0 Å². The average molecular weight is 396 g/mol. The Hall–Kier alpha value is -2.81. The molecule has 9 heteroatoms. The van der Waals surface area contributed by atoms with Crippen molar-refractivity contribution in [3.8, 4) is 0 Å². The minimum atomic E-state index is -0.0705. The van der Waals surface area contributed by atoms with Crippen LogP contribution in [0.1, 0.15) is 31.7 Å². The van der Waals surface area contributed by atoms with Gasteiger partial charge in [-0.15, -0.1) is 0 Å². The monoisotopic (exact) mass is 395 g/mol. The Bertz CT molecular complexity index is 907. The van der Waals surface area contributed by atoms with E-state index in [0.29, 0.717) is 5.82 Å². The fraction of sp³-hybridized carbons (Fsp3) is 0.550. The number of nitrogens with two attached hydrogens (primary N) is 2. The van der Waals surface area contributed by atoms with Gasteiger partial charge < -0.3 is 26.2 Å². The summed E-state index contributed by atoms with van der Waals surface area (Å²) in [5.74, 6) is 2.60. The van der Waals surface area contributed by atoms with E-state index in [2.05, 4.69) is 44.2 Å². The number of hydrogen-bond acceptors (Lipinski definition) is 9.